The lowest BCUT2D eigenvalue weighted by atomic mass is 9.96. The Morgan fingerprint density at radius 1 is 1.21 bits per heavy atom. The number of amides is 1. The van der Waals surface area contributed by atoms with E-state index in [2.05, 4.69) is 0 Å². The molecule has 1 aromatic carbocycles. The number of carbonyl (C=O) groups is 2. The van der Waals surface area contributed by atoms with Crippen LogP contribution in [0, 0.1) is 13.8 Å². The lowest BCUT2D eigenvalue weighted by molar-refractivity contribution is -0.140. The van der Waals surface area contributed by atoms with Gasteiger partial charge < -0.3 is 19.3 Å². The second-order valence-corrected chi connectivity index (χ2v) is 7.48. The van der Waals surface area contributed by atoms with Gasteiger partial charge in [-0.15, -0.1) is 0 Å². The minimum Gasteiger partial charge on any atom is -0.507 e. The van der Waals surface area contributed by atoms with Crippen molar-refractivity contribution in [2.24, 2.45) is 0 Å². The maximum Gasteiger partial charge on any atom is 0.295 e. The molecule has 2 aromatic rings. The van der Waals surface area contributed by atoms with Gasteiger partial charge in [-0.1, -0.05) is 17.7 Å². The molecule has 1 atom stereocenters. The zero-order valence-electron chi connectivity index (χ0n) is 16.7. The van der Waals surface area contributed by atoms with Gasteiger partial charge in [0.05, 0.1) is 11.8 Å². The number of aliphatic hydroxyl groups excluding tert-OH is 1. The zero-order valence-corrected chi connectivity index (χ0v) is 16.7. The van der Waals surface area contributed by atoms with Crippen molar-refractivity contribution >= 4 is 17.4 Å². The predicted octanol–water partition coefficient (Wildman–Crippen LogP) is 3.27. The van der Waals surface area contributed by atoms with E-state index < -0.39 is 17.7 Å². The first-order valence-electron chi connectivity index (χ1n) is 9.35. The average Bonchev–Trinajstić information content (AvgIpc) is 3.25. The predicted molar refractivity (Wildman–Crippen MR) is 107 cm³/mol. The first-order valence-corrected chi connectivity index (χ1v) is 9.35. The molecule has 1 saturated heterocycles. The third-order valence-corrected chi connectivity index (χ3v) is 5.01. The SMILES string of the molecule is Cc1ccc(C)c(C(O)=C2C(=O)C(=O)N(CCCN(C)C)[C@H]2c2ccco2)c1. The minimum absolute atomic E-state index is 0.0819. The van der Waals surface area contributed by atoms with E-state index in [1.165, 1.54) is 11.2 Å². The Labute approximate surface area is 165 Å². The van der Waals surface area contributed by atoms with Crippen LogP contribution in [0.4, 0.5) is 0 Å². The summed E-state index contributed by atoms with van der Waals surface area (Å²) in [6, 6.07) is 8.37. The quantitative estimate of drug-likeness (QED) is 0.472. The second-order valence-electron chi connectivity index (χ2n) is 7.48. The molecule has 148 valence electrons. The van der Waals surface area contributed by atoms with E-state index in [0.29, 0.717) is 24.3 Å². The molecule has 1 fully saturated rings. The molecule has 1 N–H and O–H groups in total. The summed E-state index contributed by atoms with van der Waals surface area (Å²) in [6.07, 6.45) is 2.22. The summed E-state index contributed by atoms with van der Waals surface area (Å²) < 4.78 is 5.54. The number of Topliss-reactive ketones (excluding diaryl/α,β-unsaturated/α-hetero) is 1. The minimum atomic E-state index is -0.725. The van der Waals surface area contributed by atoms with E-state index in [1.54, 1.807) is 12.1 Å². The van der Waals surface area contributed by atoms with Crippen LogP contribution < -0.4 is 0 Å². The highest BCUT2D eigenvalue weighted by atomic mass is 16.3. The van der Waals surface area contributed by atoms with E-state index >= 15 is 0 Å². The van der Waals surface area contributed by atoms with Gasteiger partial charge in [0.15, 0.2) is 0 Å². The van der Waals surface area contributed by atoms with Gasteiger partial charge >= 0.3 is 0 Å². The largest absolute Gasteiger partial charge is 0.507 e. The Morgan fingerprint density at radius 3 is 2.61 bits per heavy atom. The smallest absolute Gasteiger partial charge is 0.295 e. The Kier molecular flexibility index (Phi) is 5.70. The standard InChI is InChI=1S/C22H26N2O4/c1-14-8-9-15(2)16(13-14)20(25)18-19(17-7-5-12-28-17)24(22(27)21(18)26)11-6-10-23(3)4/h5,7-9,12-13,19,25H,6,10-11H2,1-4H3/t19-/m0/s1. The first-order chi connectivity index (χ1) is 13.3. The van der Waals surface area contributed by atoms with Gasteiger partial charge in [0.1, 0.15) is 17.6 Å². The number of benzene rings is 1. The summed E-state index contributed by atoms with van der Waals surface area (Å²) in [6.45, 7) is 4.96. The number of hydrogen-bond donors (Lipinski definition) is 1. The van der Waals surface area contributed by atoms with E-state index in [-0.39, 0.29) is 11.3 Å². The lowest BCUT2D eigenvalue weighted by Crippen LogP contribution is -2.32. The Bertz CT molecular complexity index is 913. The first kappa shape index (κ1) is 19.9. The van der Waals surface area contributed by atoms with Gasteiger partial charge in [0.25, 0.3) is 11.7 Å². The number of aryl methyl sites for hydroxylation is 2. The van der Waals surface area contributed by atoms with Gasteiger partial charge in [0.2, 0.25) is 0 Å². The van der Waals surface area contributed by atoms with Crippen molar-refractivity contribution in [2.45, 2.75) is 26.3 Å². The van der Waals surface area contributed by atoms with Crippen molar-refractivity contribution < 1.29 is 19.1 Å². The molecular weight excluding hydrogens is 356 g/mol. The molecule has 2 heterocycles. The monoisotopic (exact) mass is 382 g/mol. The molecule has 0 unspecified atom stereocenters. The topological polar surface area (TPSA) is 74.0 Å². The Balaban J connectivity index is 2.09. The fourth-order valence-corrected chi connectivity index (χ4v) is 3.55. The zero-order chi connectivity index (χ0) is 20.4. The molecule has 3 rings (SSSR count). The molecular formula is C22H26N2O4. The third-order valence-electron chi connectivity index (χ3n) is 5.01. The second kappa shape index (κ2) is 8.02. The molecule has 0 bridgehead atoms. The van der Waals surface area contributed by atoms with Crippen molar-refractivity contribution in [3.8, 4) is 0 Å². The fraction of sp³-hybridized carbons (Fsp3) is 0.364. The van der Waals surface area contributed by atoms with Gasteiger partial charge in [-0.25, -0.2) is 0 Å². The van der Waals surface area contributed by atoms with Crippen LogP contribution in [0.5, 0.6) is 0 Å². The van der Waals surface area contributed by atoms with Crippen molar-refractivity contribution in [1.82, 2.24) is 9.80 Å². The Morgan fingerprint density at radius 2 is 1.96 bits per heavy atom. The summed E-state index contributed by atoms with van der Waals surface area (Å²) >= 11 is 0. The van der Waals surface area contributed by atoms with Crippen molar-refractivity contribution in [2.75, 3.05) is 27.2 Å². The molecule has 0 saturated carbocycles. The molecule has 28 heavy (non-hydrogen) atoms. The highest BCUT2D eigenvalue weighted by Gasteiger charge is 2.47. The van der Waals surface area contributed by atoms with Gasteiger partial charge in [0, 0.05) is 12.1 Å². The van der Waals surface area contributed by atoms with E-state index in [4.69, 9.17) is 4.42 Å². The molecule has 6 heteroatoms. The number of furan rings is 1. The van der Waals surface area contributed by atoms with Crippen LogP contribution in [0.2, 0.25) is 0 Å². The molecule has 6 nitrogen and oxygen atoms in total. The van der Waals surface area contributed by atoms with Crippen LogP contribution in [0.3, 0.4) is 0 Å². The maximum absolute atomic E-state index is 12.9. The summed E-state index contributed by atoms with van der Waals surface area (Å²) in [5, 5.41) is 11.0. The third kappa shape index (κ3) is 3.73. The van der Waals surface area contributed by atoms with Crippen LogP contribution in [-0.4, -0.2) is 53.8 Å². The number of aliphatic hydroxyl groups is 1. The van der Waals surface area contributed by atoms with Crippen LogP contribution in [0.15, 0.2) is 46.6 Å². The molecule has 1 amide bonds. The van der Waals surface area contributed by atoms with Crippen molar-refractivity contribution in [3.63, 3.8) is 0 Å². The van der Waals surface area contributed by atoms with Crippen LogP contribution in [-0.2, 0) is 9.59 Å². The summed E-state index contributed by atoms with van der Waals surface area (Å²) in [4.78, 5) is 29.2. The fourth-order valence-electron chi connectivity index (χ4n) is 3.55. The Hall–Kier alpha value is -2.86. The summed E-state index contributed by atoms with van der Waals surface area (Å²) in [5.41, 5.74) is 2.43. The van der Waals surface area contributed by atoms with E-state index in [0.717, 1.165) is 17.7 Å². The molecule has 0 spiro atoms. The van der Waals surface area contributed by atoms with Crippen LogP contribution >= 0.6 is 0 Å². The number of hydrogen-bond acceptors (Lipinski definition) is 5. The number of carbonyl (C=O) groups excluding carboxylic acids is 2. The van der Waals surface area contributed by atoms with E-state index in [9.17, 15) is 14.7 Å². The highest BCUT2D eigenvalue weighted by molar-refractivity contribution is 6.46. The molecule has 1 aliphatic heterocycles. The van der Waals surface area contributed by atoms with Gasteiger partial charge in [-0.05, 0) is 64.7 Å². The van der Waals surface area contributed by atoms with Crippen molar-refractivity contribution in [3.05, 3.63) is 64.6 Å². The normalized spacial score (nSPS) is 19.0. The van der Waals surface area contributed by atoms with E-state index in [1.807, 2.05) is 51.0 Å². The molecule has 0 aliphatic carbocycles. The molecule has 1 aliphatic rings. The summed E-state index contributed by atoms with van der Waals surface area (Å²) in [5.74, 6) is -0.969. The van der Waals surface area contributed by atoms with Gasteiger partial charge in [-0.3, -0.25) is 9.59 Å². The van der Waals surface area contributed by atoms with Crippen molar-refractivity contribution in [1.29, 1.82) is 0 Å². The highest BCUT2D eigenvalue weighted by Crippen LogP contribution is 2.40. The number of ketones is 1. The average molecular weight is 382 g/mol. The van der Waals surface area contributed by atoms with Gasteiger partial charge in [-0.2, -0.15) is 0 Å². The molecule has 0 radical (unpaired) electrons. The summed E-state index contributed by atoms with van der Waals surface area (Å²) in [7, 11) is 3.91. The number of nitrogens with zero attached hydrogens (tertiary/aromatic N) is 2. The van der Waals surface area contributed by atoms with Crippen LogP contribution in [0.1, 0.15) is 34.9 Å². The van der Waals surface area contributed by atoms with Crippen LogP contribution in [0.25, 0.3) is 5.76 Å². The number of likely N-dealkylation sites (tertiary alicyclic amines) is 1. The number of rotatable bonds is 6. The maximum atomic E-state index is 12.9. The lowest BCUT2D eigenvalue weighted by Gasteiger charge is -2.24. The molecule has 1 aromatic heterocycles.